The molecule has 1 fully saturated rings. The first-order valence-corrected chi connectivity index (χ1v) is 7.88. The number of likely N-dealkylation sites (tertiary alicyclic amines) is 1. The number of hydrogen-bond donors (Lipinski definition) is 0. The van der Waals surface area contributed by atoms with Crippen molar-refractivity contribution in [3.05, 3.63) is 18.0 Å². The van der Waals surface area contributed by atoms with Gasteiger partial charge in [0.25, 0.3) is 0 Å². The summed E-state index contributed by atoms with van der Waals surface area (Å²) < 4.78 is 7.62. The molecule has 0 unspecified atom stereocenters. The minimum Gasteiger partial charge on any atom is -0.379 e. The lowest BCUT2D eigenvalue weighted by Crippen LogP contribution is -2.45. The summed E-state index contributed by atoms with van der Waals surface area (Å²) in [6.45, 7) is 7.34. The zero-order valence-electron chi connectivity index (χ0n) is 12.7. The average molecular weight is 292 g/mol. The van der Waals surface area contributed by atoms with Crippen LogP contribution in [0.5, 0.6) is 0 Å². The van der Waals surface area contributed by atoms with Gasteiger partial charge in [0.1, 0.15) is 0 Å². The monoisotopic (exact) mass is 292 g/mol. The molecule has 0 aromatic carbocycles. The van der Waals surface area contributed by atoms with Crippen LogP contribution < -0.4 is 0 Å². The summed E-state index contributed by atoms with van der Waals surface area (Å²) in [7, 11) is 0. The summed E-state index contributed by atoms with van der Waals surface area (Å²) in [6.07, 6.45) is 4.12. The maximum absolute atomic E-state index is 12.3. The predicted molar refractivity (Wildman–Crippen MR) is 78.8 cm³/mol. The molecule has 0 radical (unpaired) electrons. The molecular formula is C15H24N4O2. The molecule has 1 atom stereocenters. The fourth-order valence-electron chi connectivity index (χ4n) is 3.22. The van der Waals surface area contributed by atoms with E-state index in [0.29, 0.717) is 19.8 Å². The number of rotatable bonds is 5. The molecule has 0 spiro atoms. The number of ether oxygens (including phenoxy) is 1. The Labute approximate surface area is 125 Å². The Bertz CT molecular complexity index is 482. The molecule has 2 aliphatic rings. The Morgan fingerprint density at radius 2 is 2.24 bits per heavy atom. The molecule has 0 aliphatic carbocycles. The second kappa shape index (κ2) is 6.58. The van der Waals surface area contributed by atoms with Gasteiger partial charge in [-0.3, -0.25) is 14.4 Å². The summed E-state index contributed by atoms with van der Waals surface area (Å²) in [5, 5.41) is 4.40. The quantitative estimate of drug-likeness (QED) is 0.809. The van der Waals surface area contributed by atoms with Gasteiger partial charge in [0.05, 0.1) is 24.9 Å². The summed E-state index contributed by atoms with van der Waals surface area (Å²) in [5.74, 6) is 0.260. The van der Waals surface area contributed by atoms with Crippen LogP contribution >= 0.6 is 0 Å². The van der Waals surface area contributed by atoms with Crippen LogP contribution in [-0.4, -0.2) is 64.9 Å². The fraction of sp³-hybridized carbons (Fsp3) is 0.733. The number of amides is 1. The standard InChI is InChI=1S/C15H24N4O2/c1-2-21-12-14-10-17(9-13-5-6-16-19(13)14)11-15(20)18-7-3-4-8-18/h5-6,14H,2-4,7-12H2,1H3/t14-/m1/s1. The largest absolute Gasteiger partial charge is 0.379 e. The third-order valence-electron chi connectivity index (χ3n) is 4.28. The molecular weight excluding hydrogens is 268 g/mol. The molecule has 116 valence electrons. The molecule has 1 aromatic rings. The first-order chi connectivity index (χ1) is 10.3. The molecule has 1 amide bonds. The van der Waals surface area contributed by atoms with Gasteiger partial charge in [0.2, 0.25) is 5.91 Å². The lowest BCUT2D eigenvalue weighted by Gasteiger charge is -2.34. The van der Waals surface area contributed by atoms with E-state index in [0.717, 1.165) is 39.0 Å². The second-order valence-electron chi connectivity index (χ2n) is 5.84. The van der Waals surface area contributed by atoms with Gasteiger partial charge in [-0.25, -0.2) is 0 Å². The highest BCUT2D eigenvalue weighted by Crippen LogP contribution is 2.21. The maximum Gasteiger partial charge on any atom is 0.236 e. The van der Waals surface area contributed by atoms with Crippen LogP contribution in [-0.2, 0) is 16.1 Å². The number of carbonyl (C=O) groups excluding carboxylic acids is 1. The Balaban J connectivity index is 1.63. The van der Waals surface area contributed by atoms with E-state index in [9.17, 15) is 4.79 Å². The lowest BCUT2D eigenvalue weighted by atomic mass is 10.2. The van der Waals surface area contributed by atoms with Gasteiger partial charge in [-0.1, -0.05) is 0 Å². The minimum atomic E-state index is 0.204. The number of nitrogens with zero attached hydrogens (tertiary/aromatic N) is 4. The van der Waals surface area contributed by atoms with Crippen LogP contribution in [0, 0.1) is 0 Å². The molecule has 21 heavy (non-hydrogen) atoms. The maximum atomic E-state index is 12.3. The Morgan fingerprint density at radius 1 is 1.43 bits per heavy atom. The molecule has 3 rings (SSSR count). The van der Waals surface area contributed by atoms with Crippen molar-refractivity contribution in [1.29, 1.82) is 0 Å². The van der Waals surface area contributed by atoms with Crippen molar-refractivity contribution in [2.45, 2.75) is 32.4 Å². The summed E-state index contributed by atoms with van der Waals surface area (Å²) >= 11 is 0. The minimum absolute atomic E-state index is 0.204. The predicted octanol–water partition coefficient (Wildman–Crippen LogP) is 0.899. The highest BCUT2D eigenvalue weighted by atomic mass is 16.5. The van der Waals surface area contributed by atoms with E-state index >= 15 is 0 Å². The summed E-state index contributed by atoms with van der Waals surface area (Å²) in [4.78, 5) is 16.5. The van der Waals surface area contributed by atoms with Crippen LogP contribution in [0.15, 0.2) is 12.3 Å². The van der Waals surface area contributed by atoms with E-state index in [4.69, 9.17) is 4.74 Å². The third kappa shape index (κ3) is 3.27. The second-order valence-corrected chi connectivity index (χ2v) is 5.84. The van der Waals surface area contributed by atoms with Crippen LogP contribution in [0.3, 0.4) is 0 Å². The number of carbonyl (C=O) groups is 1. The van der Waals surface area contributed by atoms with Gasteiger partial charge in [-0.2, -0.15) is 5.10 Å². The van der Waals surface area contributed by atoms with E-state index < -0.39 is 0 Å². The van der Waals surface area contributed by atoms with Gasteiger partial charge in [0.15, 0.2) is 0 Å². The molecule has 1 aromatic heterocycles. The number of aromatic nitrogens is 2. The molecule has 0 N–H and O–H groups in total. The van der Waals surface area contributed by atoms with Crippen LogP contribution in [0.1, 0.15) is 31.5 Å². The van der Waals surface area contributed by atoms with Crippen molar-refractivity contribution >= 4 is 5.91 Å². The number of hydrogen-bond acceptors (Lipinski definition) is 4. The van der Waals surface area contributed by atoms with Gasteiger partial charge in [-0.15, -0.1) is 0 Å². The summed E-state index contributed by atoms with van der Waals surface area (Å²) in [5.41, 5.74) is 1.17. The molecule has 3 heterocycles. The van der Waals surface area contributed by atoms with E-state index in [2.05, 4.69) is 10.00 Å². The van der Waals surface area contributed by atoms with Crippen LogP contribution in [0.25, 0.3) is 0 Å². The average Bonchev–Trinajstić information content (AvgIpc) is 3.15. The Kier molecular flexibility index (Phi) is 4.55. The van der Waals surface area contributed by atoms with Gasteiger partial charge >= 0.3 is 0 Å². The smallest absolute Gasteiger partial charge is 0.236 e. The zero-order chi connectivity index (χ0) is 14.7. The summed E-state index contributed by atoms with van der Waals surface area (Å²) in [6, 6.07) is 2.24. The molecule has 1 saturated heterocycles. The SMILES string of the molecule is CCOC[C@H]1CN(CC(=O)N2CCCC2)Cc2ccnn21. The first-order valence-electron chi connectivity index (χ1n) is 7.88. The van der Waals surface area contributed by atoms with Crippen molar-refractivity contribution in [2.75, 3.05) is 39.4 Å². The van der Waals surface area contributed by atoms with E-state index in [-0.39, 0.29) is 11.9 Å². The van der Waals surface area contributed by atoms with Crippen molar-refractivity contribution in [3.63, 3.8) is 0 Å². The van der Waals surface area contributed by atoms with Crippen molar-refractivity contribution in [3.8, 4) is 0 Å². The van der Waals surface area contributed by atoms with E-state index in [1.807, 2.05) is 28.8 Å². The number of fused-ring (bicyclic) bond motifs is 1. The van der Waals surface area contributed by atoms with Gasteiger partial charge in [0, 0.05) is 39.0 Å². The Hall–Kier alpha value is -1.40. The van der Waals surface area contributed by atoms with Crippen molar-refractivity contribution < 1.29 is 9.53 Å². The lowest BCUT2D eigenvalue weighted by molar-refractivity contribution is -0.132. The van der Waals surface area contributed by atoms with E-state index in [1.165, 1.54) is 5.69 Å². The van der Waals surface area contributed by atoms with Gasteiger partial charge < -0.3 is 9.64 Å². The highest BCUT2D eigenvalue weighted by molar-refractivity contribution is 5.78. The van der Waals surface area contributed by atoms with Crippen molar-refractivity contribution in [1.82, 2.24) is 19.6 Å². The molecule has 0 bridgehead atoms. The molecule has 0 saturated carbocycles. The van der Waals surface area contributed by atoms with Crippen molar-refractivity contribution in [2.24, 2.45) is 0 Å². The first kappa shape index (κ1) is 14.5. The topological polar surface area (TPSA) is 50.6 Å². The third-order valence-corrected chi connectivity index (χ3v) is 4.28. The molecule has 2 aliphatic heterocycles. The fourth-order valence-corrected chi connectivity index (χ4v) is 3.22. The normalized spacial score (nSPS) is 22.5. The molecule has 6 nitrogen and oxygen atoms in total. The Morgan fingerprint density at radius 3 is 3.00 bits per heavy atom. The van der Waals surface area contributed by atoms with Crippen LogP contribution in [0.2, 0.25) is 0 Å². The zero-order valence-corrected chi connectivity index (χ0v) is 12.7. The van der Waals surface area contributed by atoms with Gasteiger partial charge in [-0.05, 0) is 25.8 Å². The molecule has 6 heteroatoms. The highest BCUT2D eigenvalue weighted by Gasteiger charge is 2.28. The van der Waals surface area contributed by atoms with E-state index in [1.54, 1.807) is 0 Å². The van der Waals surface area contributed by atoms with Crippen LogP contribution in [0.4, 0.5) is 0 Å².